The van der Waals surface area contributed by atoms with Crippen LogP contribution >= 0.6 is 34.8 Å². The predicted octanol–water partition coefficient (Wildman–Crippen LogP) is 5.40. The SMILES string of the molecule is Clc1ccc(/C=N/c2ccc(Cl)cc2Cl)cc1. The fraction of sp³-hybridized carbons (Fsp3) is 0. The molecule has 0 saturated heterocycles. The molecule has 2 aromatic carbocycles. The summed E-state index contributed by atoms with van der Waals surface area (Å²) in [4.78, 5) is 4.29. The zero-order valence-corrected chi connectivity index (χ0v) is 11.0. The van der Waals surface area contributed by atoms with Crippen LogP contribution in [0.2, 0.25) is 15.1 Å². The van der Waals surface area contributed by atoms with Gasteiger partial charge in [0.2, 0.25) is 0 Å². The highest BCUT2D eigenvalue weighted by Crippen LogP contribution is 2.27. The molecule has 1 nitrogen and oxygen atoms in total. The highest BCUT2D eigenvalue weighted by atomic mass is 35.5. The lowest BCUT2D eigenvalue weighted by Crippen LogP contribution is -1.79. The Morgan fingerprint density at radius 2 is 1.47 bits per heavy atom. The van der Waals surface area contributed by atoms with Gasteiger partial charge in [0, 0.05) is 16.3 Å². The largest absolute Gasteiger partial charge is 0.255 e. The Morgan fingerprint density at radius 3 is 2.12 bits per heavy atom. The van der Waals surface area contributed by atoms with Crippen LogP contribution in [-0.2, 0) is 0 Å². The molecule has 0 spiro atoms. The molecule has 4 heteroatoms. The van der Waals surface area contributed by atoms with E-state index >= 15 is 0 Å². The molecule has 0 heterocycles. The van der Waals surface area contributed by atoms with Crippen molar-refractivity contribution in [3.05, 3.63) is 63.1 Å². The van der Waals surface area contributed by atoms with E-state index in [9.17, 15) is 0 Å². The first-order valence-corrected chi connectivity index (χ1v) is 6.03. The molecule has 86 valence electrons. The maximum atomic E-state index is 6.00. The Morgan fingerprint density at radius 1 is 0.824 bits per heavy atom. The standard InChI is InChI=1S/C13H8Cl3N/c14-10-3-1-9(2-4-10)8-17-13-6-5-11(15)7-12(13)16/h1-8H/b17-8+. The van der Waals surface area contributed by atoms with Crippen LogP contribution in [0.25, 0.3) is 0 Å². The van der Waals surface area contributed by atoms with Crippen LogP contribution in [0.4, 0.5) is 5.69 Å². The van der Waals surface area contributed by atoms with Crippen LogP contribution < -0.4 is 0 Å². The van der Waals surface area contributed by atoms with Crippen molar-refractivity contribution in [2.24, 2.45) is 4.99 Å². The van der Waals surface area contributed by atoms with Gasteiger partial charge in [-0.05, 0) is 35.9 Å². The van der Waals surface area contributed by atoms with Crippen LogP contribution in [0.1, 0.15) is 5.56 Å². The van der Waals surface area contributed by atoms with Crippen molar-refractivity contribution < 1.29 is 0 Å². The average Bonchev–Trinajstić information content (AvgIpc) is 2.30. The fourth-order valence-corrected chi connectivity index (χ4v) is 1.86. The summed E-state index contributed by atoms with van der Waals surface area (Å²) in [7, 11) is 0. The molecule has 2 aromatic rings. The van der Waals surface area contributed by atoms with E-state index < -0.39 is 0 Å². The monoisotopic (exact) mass is 283 g/mol. The van der Waals surface area contributed by atoms with Crippen LogP contribution in [0, 0.1) is 0 Å². The third-order valence-corrected chi connectivity index (χ3v) is 2.92. The molecule has 0 atom stereocenters. The van der Waals surface area contributed by atoms with E-state index in [1.165, 1.54) is 0 Å². The quantitative estimate of drug-likeness (QED) is 0.655. The third kappa shape index (κ3) is 3.47. The summed E-state index contributed by atoms with van der Waals surface area (Å²) in [6.45, 7) is 0. The van der Waals surface area contributed by atoms with Gasteiger partial charge < -0.3 is 0 Å². The Balaban J connectivity index is 2.23. The number of rotatable bonds is 2. The molecule has 0 fully saturated rings. The summed E-state index contributed by atoms with van der Waals surface area (Å²) in [5.74, 6) is 0. The Hall–Kier alpha value is -1.02. The summed E-state index contributed by atoms with van der Waals surface area (Å²) >= 11 is 17.6. The van der Waals surface area contributed by atoms with Gasteiger partial charge in [-0.1, -0.05) is 46.9 Å². The second-order valence-corrected chi connectivity index (χ2v) is 4.69. The molecule has 0 radical (unpaired) electrons. The summed E-state index contributed by atoms with van der Waals surface area (Å²) in [5.41, 5.74) is 1.64. The molecule has 2 rings (SSSR count). The fourth-order valence-electron chi connectivity index (χ4n) is 1.28. The molecular formula is C13H8Cl3N. The summed E-state index contributed by atoms with van der Waals surface area (Å²) < 4.78 is 0. The van der Waals surface area contributed by atoms with Crippen molar-refractivity contribution in [2.75, 3.05) is 0 Å². The summed E-state index contributed by atoms with van der Waals surface area (Å²) in [5, 5.41) is 1.83. The lowest BCUT2D eigenvalue weighted by Gasteiger charge is -1.98. The van der Waals surface area contributed by atoms with Crippen LogP contribution in [0.5, 0.6) is 0 Å². The Kier molecular flexibility index (Phi) is 4.06. The number of benzene rings is 2. The molecule has 0 aromatic heterocycles. The lowest BCUT2D eigenvalue weighted by atomic mass is 10.2. The smallest absolute Gasteiger partial charge is 0.0817 e. The molecule has 0 bridgehead atoms. The van der Waals surface area contributed by atoms with Gasteiger partial charge in [0.25, 0.3) is 0 Å². The third-order valence-electron chi connectivity index (χ3n) is 2.13. The molecular weight excluding hydrogens is 277 g/mol. The average molecular weight is 285 g/mol. The highest BCUT2D eigenvalue weighted by Gasteiger charge is 1.98. The van der Waals surface area contributed by atoms with Gasteiger partial charge in [0.15, 0.2) is 0 Å². The molecule has 0 N–H and O–H groups in total. The second kappa shape index (κ2) is 5.54. The molecule has 0 amide bonds. The molecule has 0 aliphatic carbocycles. The Labute approximate surface area is 115 Å². The van der Waals surface area contributed by atoms with Crippen molar-refractivity contribution >= 4 is 46.7 Å². The van der Waals surface area contributed by atoms with Crippen LogP contribution in [-0.4, -0.2) is 6.21 Å². The summed E-state index contributed by atoms with van der Waals surface area (Å²) in [6.07, 6.45) is 1.73. The van der Waals surface area contributed by atoms with E-state index in [2.05, 4.69) is 4.99 Å². The van der Waals surface area contributed by atoms with Gasteiger partial charge in [0.05, 0.1) is 10.7 Å². The van der Waals surface area contributed by atoms with Crippen molar-refractivity contribution in [2.45, 2.75) is 0 Å². The van der Waals surface area contributed by atoms with E-state index in [0.717, 1.165) is 5.56 Å². The van der Waals surface area contributed by atoms with Crippen molar-refractivity contribution in [3.8, 4) is 0 Å². The molecule has 17 heavy (non-hydrogen) atoms. The lowest BCUT2D eigenvalue weighted by molar-refractivity contribution is 1.52. The normalized spacial score (nSPS) is 11.0. The van der Waals surface area contributed by atoms with Crippen molar-refractivity contribution in [1.82, 2.24) is 0 Å². The topological polar surface area (TPSA) is 12.4 Å². The minimum absolute atomic E-state index is 0.530. The first-order valence-electron chi connectivity index (χ1n) is 4.90. The first kappa shape index (κ1) is 12.4. The second-order valence-electron chi connectivity index (χ2n) is 3.41. The van der Waals surface area contributed by atoms with E-state index in [-0.39, 0.29) is 0 Å². The van der Waals surface area contributed by atoms with E-state index in [1.54, 1.807) is 24.4 Å². The Bertz CT molecular complexity index is 547. The van der Waals surface area contributed by atoms with Crippen LogP contribution in [0.15, 0.2) is 47.5 Å². The van der Waals surface area contributed by atoms with E-state index in [1.807, 2.05) is 24.3 Å². The molecule has 0 saturated carbocycles. The maximum absolute atomic E-state index is 6.00. The first-order chi connectivity index (χ1) is 8.15. The van der Waals surface area contributed by atoms with Gasteiger partial charge in [-0.25, -0.2) is 0 Å². The minimum atomic E-state index is 0.530. The van der Waals surface area contributed by atoms with Crippen LogP contribution in [0.3, 0.4) is 0 Å². The van der Waals surface area contributed by atoms with Gasteiger partial charge in [-0.2, -0.15) is 0 Å². The molecule has 0 aliphatic rings. The van der Waals surface area contributed by atoms with E-state index in [4.69, 9.17) is 34.8 Å². The number of halogens is 3. The van der Waals surface area contributed by atoms with Gasteiger partial charge in [-0.15, -0.1) is 0 Å². The zero-order chi connectivity index (χ0) is 12.3. The molecule has 0 aliphatic heterocycles. The minimum Gasteiger partial charge on any atom is -0.255 e. The van der Waals surface area contributed by atoms with Crippen molar-refractivity contribution in [1.29, 1.82) is 0 Å². The molecule has 0 unspecified atom stereocenters. The number of hydrogen-bond acceptors (Lipinski definition) is 1. The van der Waals surface area contributed by atoms with Gasteiger partial charge in [0.1, 0.15) is 0 Å². The summed E-state index contributed by atoms with van der Waals surface area (Å²) in [6, 6.07) is 12.6. The number of hydrogen-bond donors (Lipinski definition) is 0. The predicted molar refractivity (Wildman–Crippen MR) is 75.2 cm³/mol. The number of nitrogens with zero attached hydrogens (tertiary/aromatic N) is 1. The zero-order valence-electron chi connectivity index (χ0n) is 8.70. The number of aliphatic imine (C=N–C) groups is 1. The maximum Gasteiger partial charge on any atom is 0.0817 e. The van der Waals surface area contributed by atoms with Gasteiger partial charge >= 0.3 is 0 Å². The van der Waals surface area contributed by atoms with E-state index in [0.29, 0.717) is 20.8 Å². The van der Waals surface area contributed by atoms with Gasteiger partial charge in [-0.3, -0.25) is 4.99 Å². The van der Waals surface area contributed by atoms with Crippen molar-refractivity contribution in [3.63, 3.8) is 0 Å². The highest BCUT2D eigenvalue weighted by molar-refractivity contribution is 6.36.